The zero-order valence-electron chi connectivity index (χ0n) is 9.29. The van der Waals surface area contributed by atoms with E-state index in [2.05, 4.69) is 0 Å². The van der Waals surface area contributed by atoms with Gasteiger partial charge in [0.1, 0.15) is 24.4 Å². The fourth-order valence-corrected chi connectivity index (χ4v) is 1.82. The van der Waals surface area contributed by atoms with Crippen LogP contribution in [0.4, 0.5) is 0 Å². The van der Waals surface area contributed by atoms with Gasteiger partial charge in [-0.15, -0.1) is 0 Å². The second kappa shape index (κ2) is 4.35. The predicted octanol–water partition coefficient (Wildman–Crippen LogP) is -1.13. The van der Waals surface area contributed by atoms with Crippen LogP contribution in [0.15, 0.2) is 0 Å². The van der Waals surface area contributed by atoms with Crippen molar-refractivity contribution in [3.63, 3.8) is 0 Å². The molecule has 0 aliphatic carbocycles. The molecule has 1 heterocycles. The Morgan fingerprint density at radius 1 is 1.00 bits per heavy atom. The zero-order chi connectivity index (χ0) is 11.8. The smallest absolute Gasteiger partial charge is 0.111 e. The summed E-state index contributed by atoms with van der Waals surface area (Å²) in [4.78, 5) is 0. The third-order valence-corrected chi connectivity index (χ3v) is 2.75. The lowest BCUT2D eigenvalue weighted by Crippen LogP contribution is -2.61. The molecule has 1 rings (SSSR count). The molecule has 1 fully saturated rings. The van der Waals surface area contributed by atoms with Crippen molar-refractivity contribution in [2.24, 2.45) is 5.41 Å². The van der Waals surface area contributed by atoms with E-state index in [9.17, 15) is 15.3 Å². The maximum absolute atomic E-state index is 9.74. The number of hydrogen-bond acceptors (Lipinski definition) is 5. The van der Waals surface area contributed by atoms with E-state index in [0.29, 0.717) is 0 Å². The van der Waals surface area contributed by atoms with Crippen molar-refractivity contribution in [1.82, 2.24) is 0 Å². The Kier molecular flexibility index (Phi) is 3.73. The molecule has 0 aromatic carbocycles. The fourth-order valence-electron chi connectivity index (χ4n) is 1.82. The monoisotopic (exact) mass is 220 g/mol. The molecule has 0 amide bonds. The first-order valence-electron chi connectivity index (χ1n) is 5.09. The van der Waals surface area contributed by atoms with Crippen molar-refractivity contribution in [2.75, 3.05) is 6.61 Å². The van der Waals surface area contributed by atoms with Gasteiger partial charge < -0.3 is 25.2 Å². The van der Waals surface area contributed by atoms with Crippen LogP contribution in [0.25, 0.3) is 0 Å². The van der Waals surface area contributed by atoms with Gasteiger partial charge in [0, 0.05) is 0 Å². The molecule has 3 unspecified atom stereocenters. The maximum Gasteiger partial charge on any atom is 0.111 e. The van der Waals surface area contributed by atoms with Crippen molar-refractivity contribution in [3.8, 4) is 0 Å². The molecule has 0 aromatic heterocycles. The largest absolute Gasteiger partial charge is 0.394 e. The van der Waals surface area contributed by atoms with Crippen LogP contribution in [0.2, 0.25) is 0 Å². The minimum absolute atomic E-state index is 0.367. The molecule has 0 saturated carbocycles. The molecule has 5 atom stereocenters. The van der Waals surface area contributed by atoms with Gasteiger partial charge in [-0.3, -0.25) is 0 Å². The Bertz CT molecular complexity index is 210. The van der Waals surface area contributed by atoms with Gasteiger partial charge in [0.15, 0.2) is 0 Å². The lowest BCUT2D eigenvalue weighted by atomic mass is 9.80. The molecule has 15 heavy (non-hydrogen) atoms. The third kappa shape index (κ3) is 2.49. The summed E-state index contributed by atoms with van der Waals surface area (Å²) < 4.78 is 5.38. The van der Waals surface area contributed by atoms with Crippen LogP contribution in [0.5, 0.6) is 0 Å². The first-order chi connectivity index (χ1) is 6.79. The van der Waals surface area contributed by atoms with Crippen molar-refractivity contribution in [2.45, 2.75) is 51.3 Å². The average Bonchev–Trinajstić information content (AvgIpc) is 2.13. The Morgan fingerprint density at radius 3 is 1.93 bits per heavy atom. The molecule has 5 nitrogen and oxygen atoms in total. The van der Waals surface area contributed by atoms with E-state index in [4.69, 9.17) is 9.84 Å². The summed E-state index contributed by atoms with van der Waals surface area (Å²) in [7, 11) is 0. The Balaban J connectivity index is 2.83. The quantitative estimate of drug-likeness (QED) is 0.449. The van der Waals surface area contributed by atoms with Crippen molar-refractivity contribution >= 4 is 0 Å². The van der Waals surface area contributed by atoms with Crippen molar-refractivity contribution in [3.05, 3.63) is 0 Å². The standard InChI is InChI=1S/C10H20O5/c1-10(2,3)9-8(14)7(13)6(12)5(4-11)15-9/h5-9,11-14H,4H2,1-3H3/t5?,6-,7+,8?,9?/m1/s1. The van der Waals surface area contributed by atoms with Gasteiger partial charge in [-0.2, -0.15) is 0 Å². The number of rotatable bonds is 1. The van der Waals surface area contributed by atoms with E-state index in [0.717, 1.165) is 0 Å². The summed E-state index contributed by atoms with van der Waals surface area (Å²) in [6, 6.07) is 0. The van der Waals surface area contributed by atoms with Gasteiger partial charge in [-0.05, 0) is 5.41 Å². The Labute approximate surface area is 89.3 Å². The second-order valence-electron chi connectivity index (χ2n) is 5.12. The summed E-state index contributed by atoms with van der Waals surface area (Å²) in [5.74, 6) is 0. The highest BCUT2D eigenvalue weighted by Crippen LogP contribution is 2.32. The fraction of sp³-hybridized carbons (Fsp3) is 1.00. The zero-order valence-corrected chi connectivity index (χ0v) is 9.29. The summed E-state index contributed by atoms with van der Waals surface area (Å²) in [6.07, 6.45) is -5.10. The number of aliphatic hydroxyl groups is 4. The van der Waals surface area contributed by atoms with Crippen LogP contribution in [0.1, 0.15) is 20.8 Å². The first-order valence-corrected chi connectivity index (χ1v) is 5.09. The highest BCUT2D eigenvalue weighted by atomic mass is 16.5. The first kappa shape index (κ1) is 12.9. The van der Waals surface area contributed by atoms with Gasteiger partial charge in [0.25, 0.3) is 0 Å². The highest BCUT2D eigenvalue weighted by molar-refractivity contribution is 4.96. The van der Waals surface area contributed by atoms with Gasteiger partial charge in [-0.1, -0.05) is 20.8 Å². The van der Waals surface area contributed by atoms with Gasteiger partial charge in [0.05, 0.1) is 12.7 Å². The molecule has 1 aliphatic rings. The van der Waals surface area contributed by atoms with Crippen molar-refractivity contribution < 1.29 is 25.2 Å². The van der Waals surface area contributed by atoms with Crippen molar-refractivity contribution in [1.29, 1.82) is 0 Å². The van der Waals surface area contributed by atoms with E-state index in [1.54, 1.807) is 0 Å². The van der Waals surface area contributed by atoms with E-state index in [-0.39, 0.29) is 12.0 Å². The van der Waals surface area contributed by atoms with Crippen LogP contribution in [0.3, 0.4) is 0 Å². The molecule has 1 aliphatic heterocycles. The normalized spacial score (nSPS) is 43.0. The van der Waals surface area contributed by atoms with E-state index in [1.165, 1.54) is 0 Å². The van der Waals surface area contributed by atoms with E-state index < -0.39 is 30.5 Å². The molecule has 0 radical (unpaired) electrons. The molecule has 0 aromatic rings. The average molecular weight is 220 g/mol. The molecule has 1 saturated heterocycles. The SMILES string of the molecule is CC(C)(C)C1OC(CO)[C@@H](O)[C@H](O)C1O. The Morgan fingerprint density at radius 2 is 1.53 bits per heavy atom. The van der Waals surface area contributed by atoms with Crippen LogP contribution in [-0.4, -0.2) is 57.6 Å². The van der Waals surface area contributed by atoms with Gasteiger partial charge in [-0.25, -0.2) is 0 Å². The summed E-state index contributed by atoms with van der Waals surface area (Å²) >= 11 is 0. The molecule has 0 bridgehead atoms. The second-order valence-corrected chi connectivity index (χ2v) is 5.12. The molecule has 4 N–H and O–H groups in total. The third-order valence-electron chi connectivity index (χ3n) is 2.75. The van der Waals surface area contributed by atoms with Crippen LogP contribution >= 0.6 is 0 Å². The van der Waals surface area contributed by atoms with Crippen LogP contribution < -0.4 is 0 Å². The minimum Gasteiger partial charge on any atom is -0.394 e. The number of ether oxygens (including phenoxy) is 1. The van der Waals surface area contributed by atoms with Gasteiger partial charge in [0.2, 0.25) is 0 Å². The van der Waals surface area contributed by atoms with Gasteiger partial charge >= 0.3 is 0 Å². The lowest BCUT2D eigenvalue weighted by molar-refractivity contribution is -0.250. The van der Waals surface area contributed by atoms with Crippen LogP contribution in [0, 0.1) is 5.41 Å². The lowest BCUT2D eigenvalue weighted by Gasteiger charge is -2.45. The molecule has 0 spiro atoms. The molecular weight excluding hydrogens is 200 g/mol. The number of hydrogen-bond donors (Lipinski definition) is 4. The number of aliphatic hydroxyl groups excluding tert-OH is 4. The summed E-state index contributed by atoms with van der Waals surface area (Å²) in [5, 5.41) is 37.8. The summed E-state index contributed by atoms with van der Waals surface area (Å²) in [5.41, 5.74) is -0.367. The molecular formula is C10H20O5. The Hall–Kier alpha value is -0.200. The predicted molar refractivity (Wildman–Crippen MR) is 53.2 cm³/mol. The minimum atomic E-state index is -1.28. The molecule has 90 valence electrons. The van der Waals surface area contributed by atoms with Crippen LogP contribution in [-0.2, 0) is 4.74 Å². The topological polar surface area (TPSA) is 90.2 Å². The molecule has 5 heteroatoms. The maximum atomic E-state index is 9.74. The van der Waals surface area contributed by atoms with E-state index in [1.807, 2.05) is 20.8 Å². The summed E-state index contributed by atoms with van der Waals surface area (Å²) in [6.45, 7) is 5.21. The highest BCUT2D eigenvalue weighted by Gasteiger charge is 2.47. The van der Waals surface area contributed by atoms with E-state index >= 15 is 0 Å².